The first kappa shape index (κ1) is 22.1. The van der Waals surface area contributed by atoms with Gasteiger partial charge in [-0.1, -0.05) is 5.24 Å². The smallest absolute Gasteiger partial charge is 0.272 e. The molecule has 0 saturated carbocycles. The Bertz CT molecular complexity index is 1090. The van der Waals surface area contributed by atoms with Gasteiger partial charge < -0.3 is 20.7 Å². The van der Waals surface area contributed by atoms with Crippen molar-refractivity contribution in [2.24, 2.45) is 0 Å². The number of carbonyl (C=O) groups is 1. The van der Waals surface area contributed by atoms with Crippen molar-refractivity contribution < 1.29 is 9.53 Å². The zero-order valence-electron chi connectivity index (χ0n) is 17.2. The van der Waals surface area contributed by atoms with E-state index in [1.165, 1.54) is 7.11 Å². The molecule has 31 heavy (non-hydrogen) atoms. The van der Waals surface area contributed by atoms with Gasteiger partial charge in [-0.3, -0.25) is 4.79 Å². The number of methoxy groups -OCH3 is 1. The SMILES string of the molecule is [B]C([B])([B])NC(=O)c1nnc(Nc2cc(C)nc(C)n2)cc1Nc1ncccc1OC. The Morgan fingerprint density at radius 1 is 1.06 bits per heavy atom. The van der Waals surface area contributed by atoms with Gasteiger partial charge in [0.1, 0.15) is 11.6 Å². The van der Waals surface area contributed by atoms with Crippen LogP contribution in [-0.2, 0) is 0 Å². The number of amides is 1. The van der Waals surface area contributed by atoms with Crippen molar-refractivity contribution in [3.05, 3.63) is 47.7 Å². The molecule has 0 aliphatic rings. The number of anilines is 4. The highest BCUT2D eigenvalue weighted by atomic mass is 16.5. The van der Waals surface area contributed by atoms with E-state index in [0.717, 1.165) is 5.69 Å². The maximum atomic E-state index is 12.6. The Kier molecular flexibility index (Phi) is 6.43. The van der Waals surface area contributed by atoms with Crippen molar-refractivity contribution in [2.75, 3.05) is 17.7 Å². The molecule has 0 aliphatic heterocycles. The largest absolute Gasteiger partial charge is 0.493 e. The van der Waals surface area contributed by atoms with Crippen molar-refractivity contribution in [3.8, 4) is 5.75 Å². The standard InChI is InChI=1S/C18H17B3N8O2/c1-9-7-13(24-10(2)23-9)26-14-8-11(25-16-12(31-3)5-4-6-22-16)15(29-28-14)17(30)27-18(19,20)21/h4-8H,1-3H3,(H,27,30)(H2,22,23,24,25,26,28). The Morgan fingerprint density at radius 2 is 1.84 bits per heavy atom. The fraction of sp³-hybridized carbons (Fsp3) is 0.222. The van der Waals surface area contributed by atoms with Gasteiger partial charge in [-0.25, -0.2) is 15.0 Å². The molecule has 0 spiro atoms. The second kappa shape index (κ2) is 9.03. The highest BCUT2D eigenvalue weighted by Gasteiger charge is 2.21. The summed E-state index contributed by atoms with van der Waals surface area (Å²) < 4.78 is 5.30. The van der Waals surface area contributed by atoms with Crippen LogP contribution in [0.3, 0.4) is 0 Å². The lowest BCUT2D eigenvalue weighted by molar-refractivity contribution is 0.0947. The Balaban J connectivity index is 2.00. The van der Waals surface area contributed by atoms with Crippen LogP contribution in [0.4, 0.5) is 23.1 Å². The topological polar surface area (TPSA) is 127 Å². The number of rotatable bonds is 7. The first-order valence-corrected chi connectivity index (χ1v) is 9.07. The van der Waals surface area contributed by atoms with Gasteiger partial charge in [-0.05, 0) is 26.0 Å². The van der Waals surface area contributed by atoms with Crippen LogP contribution in [0.1, 0.15) is 22.0 Å². The van der Waals surface area contributed by atoms with Gasteiger partial charge in [0.2, 0.25) is 0 Å². The number of carbonyl (C=O) groups excluding carboxylic acids is 1. The number of nitrogens with zero attached hydrogens (tertiary/aromatic N) is 5. The molecule has 0 saturated heterocycles. The van der Waals surface area contributed by atoms with E-state index in [-0.39, 0.29) is 11.4 Å². The van der Waals surface area contributed by atoms with Crippen LogP contribution in [0.25, 0.3) is 0 Å². The average Bonchev–Trinajstić information content (AvgIpc) is 2.66. The van der Waals surface area contributed by atoms with Crippen LogP contribution in [-0.4, -0.2) is 66.9 Å². The van der Waals surface area contributed by atoms with Crippen molar-refractivity contribution in [1.82, 2.24) is 30.5 Å². The van der Waals surface area contributed by atoms with Crippen molar-refractivity contribution in [2.45, 2.75) is 19.1 Å². The number of pyridine rings is 1. The van der Waals surface area contributed by atoms with Crippen molar-refractivity contribution in [1.29, 1.82) is 0 Å². The van der Waals surface area contributed by atoms with Crippen LogP contribution in [0.15, 0.2) is 30.5 Å². The minimum absolute atomic E-state index is 0.112. The molecule has 1 amide bonds. The number of hydrogen-bond donors (Lipinski definition) is 3. The van der Waals surface area contributed by atoms with Gasteiger partial charge >= 0.3 is 0 Å². The van der Waals surface area contributed by atoms with Crippen LogP contribution in [0.5, 0.6) is 5.75 Å². The van der Waals surface area contributed by atoms with Gasteiger partial charge in [0, 0.05) is 24.0 Å². The van der Waals surface area contributed by atoms with E-state index in [1.807, 2.05) is 6.92 Å². The summed E-state index contributed by atoms with van der Waals surface area (Å²) in [5.41, 5.74) is 0.915. The van der Waals surface area contributed by atoms with Crippen LogP contribution >= 0.6 is 0 Å². The molecule has 10 nitrogen and oxygen atoms in total. The zero-order chi connectivity index (χ0) is 22.6. The zero-order valence-corrected chi connectivity index (χ0v) is 17.2. The van der Waals surface area contributed by atoms with Gasteiger partial charge in [0.15, 0.2) is 23.1 Å². The Labute approximate surface area is 183 Å². The molecule has 0 atom stereocenters. The van der Waals surface area contributed by atoms with Crippen LogP contribution < -0.4 is 20.7 Å². The molecule has 3 rings (SSSR count). The van der Waals surface area contributed by atoms with E-state index in [0.29, 0.717) is 29.0 Å². The fourth-order valence-corrected chi connectivity index (χ4v) is 2.66. The first-order valence-electron chi connectivity index (χ1n) is 9.07. The maximum Gasteiger partial charge on any atom is 0.272 e. The van der Waals surface area contributed by atoms with Gasteiger partial charge in [0.05, 0.1) is 36.3 Å². The van der Waals surface area contributed by atoms with Crippen molar-refractivity contribution >= 4 is 52.6 Å². The summed E-state index contributed by atoms with van der Waals surface area (Å²) in [7, 11) is 17.9. The summed E-state index contributed by atoms with van der Waals surface area (Å²) in [6.45, 7) is 3.62. The van der Waals surface area contributed by atoms with E-state index in [2.05, 4.69) is 41.1 Å². The Hall–Kier alpha value is -3.63. The quantitative estimate of drug-likeness (QED) is 0.481. The molecule has 150 valence electrons. The summed E-state index contributed by atoms with van der Waals surface area (Å²) in [5, 5.41) is 14.4. The number of nitrogens with one attached hydrogen (secondary N) is 3. The number of ether oxygens (including phenoxy) is 1. The molecule has 0 unspecified atom stereocenters. The second-order valence-electron chi connectivity index (χ2n) is 6.63. The molecule has 0 bridgehead atoms. The fourth-order valence-electron chi connectivity index (χ4n) is 2.66. The summed E-state index contributed by atoms with van der Waals surface area (Å²) >= 11 is 0. The summed E-state index contributed by atoms with van der Waals surface area (Å²) in [5.74, 6) is 1.49. The first-order chi connectivity index (χ1) is 14.6. The van der Waals surface area contributed by atoms with E-state index < -0.39 is 11.1 Å². The third-order valence-corrected chi connectivity index (χ3v) is 3.80. The molecule has 3 aromatic heterocycles. The average molecular weight is 410 g/mol. The molecular formula is C18H17B3N8O2. The molecule has 3 aromatic rings. The lowest BCUT2D eigenvalue weighted by atomic mass is 9.49. The van der Waals surface area contributed by atoms with Crippen LogP contribution in [0.2, 0.25) is 0 Å². The molecule has 3 N–H and O–H groups in total. The summed E-state index contributed by atoms with van der Waals surface area (Å²) in [4.78, 5) is 25.4. The molecule has 13 heteroatoms. The predicted octanol–water partition coefficient (Wildman–Crippen LogP) is 0.621. The molecular weight excluding hydrogens is 393 g/mol. The highest BCUT2D eigenvalue weighted by molar-refractivity contribution is 6.60. The monoisotopic (exact) mass is 410 g/mol. The molecule has 0 fully saturated rings. The lowest BCUT2D eigenvalue weighted by Gasteiger charge is -2.22. The maximum absolute atomic E-state index is 12.6. The van der Waals surface area contributed by atoms with E-state index in [4.69, 9.17) is 28.3 Å². The van der Waals surface area contributed by atoms with Crippen LogP contribution in [0, 0.1) is 13.8 Å². The molecule has 6 radical (unpaired) electrons. The van der Waals surface area contributed by atoms with Crippen molar-refractivity contribution in [3.63, 3.8) is 0 Å². The number of aromatic nitrogens is 5. The minimum atomic E-state index is -1.94. The van der Waals surface area contributed by atoms with E-state index in [1.54, 1.807) is 37.4 Å². The van der Waals surface area contributed by atoms with E-state index in [9.17, 15) is 4.79 Å². The predicted molar refractivity (Wildman–Crippen MR) is 118 cm³/mol. The Morgan fingerprint density at radius 3 is 2.52 bits per heavy atom. The third kappa shape index (κ3) is 5.94. The van der Waals surface area contributed by atoms with E-state index >= 15 is 0 Å². The van der Waals surface area contributed by atoms with Gasteiger partial charge in [0.25, 0.3) is 5.91 Å². The number of aryl methyl sites for hydroxylation is 2. The molecule has 0 aromatic carbocycles. The second-order valence-corrected chi connectivity index (χ2v) is 6.63. The molecule has 3 heterocycles. The van der Waals surface area contributed by atoms with Gasteiger partial charge in [-0.2, -0.15) is 0 Å². The summed E-state index contributed by atoms with van der Waals surface area (Å²) in [6.07, 6.45) is 1.56. The minimum Gasteiger partial charge on any atom is -0.493 e. The number of hydrogen-bond acceptors (Lipinski definition) is 9. The van der Waals surface area contributed by atoms with Gasteiger partial charge in [-0.15, -0.1) is 10.2 Å². The normalized spacial score (nSPS) is 10.9. The summed E-state index contributed by atoms with van der Waals surface area (Å²) in [6, 6.07) is 6.71. The molecule has 0 aliphatic carbocycles. The lowest BCUT2D eigenvalue weighted by Crippen LogP contribution is -2.50. The highest BCUT2D eigenvalue weighted by Crippen LogP contribution is 2.27. The third-order valence-electron chi connectivity index (χ3n) is 3.80.